The number of hydrogen-bond donors (Lipinski definition) is 1. The van der Waals surface area contributed by atoms with Gasteiger partial charge in [0.2, 0.25) is 0 Å². The highest BCUT2D eigenvalue weighted by Crippen LogP contribution is 2.40. The van der Waals surface area contributed by atoms with Crippen LogP contribution in [0.15, 0.2) is 30.3 Å². The first-order chi connectivity index (χ1) is 13.3. The molecule has 1 N–H and O–H groups in total. The van der Waals surface area contributed by atoms with E-state index in [9.17, 15) is 5.11 Å². The maximum absolute atomic E-state index is 11.0. The summed E-state index contributed by atoms with van der Waals surface area (Å²) in [6, 6.07) is 10.1. The van der Waals surface area contributed by atoms with Crippen molar-refractivity contribution >= 4 is 11.0 Å². The molecule has 0 radical (unpaired) electrons. The molecule has 0 aliphatic heterocycles. The van der Waals surface area contributed by atoms with Crippen LogP contribution in [0.5, 0.6) is 11.5 Å². The lowest BCUT2D eigenvalue weighted by Gasteiger charge is -2.22. The van der Waals surface area contributed by atoms with E-state index in [1.807, 2.05) is 26.2 Å². The molecule has 150 valence electrons. The zero-order chi connectivity index (χ0) is 20.1. The number of phenolic OH excluding ortho intramolecular Hbond substituents is 1. The quantitative estimate of drug-likeness (QED) is 0.389. The Morgan fingerprint density at radius 2 is 1.75 bits per heavy atom. The molecule has 0 atom stereocenters. The normalized spacial score (nSPS) is 12.6. The third-order valence-corrected chi connectivity index (χ3v) is 4.85. The summed E-state index contributed by atoms with van der Waals surface area (Å²) >= 11 is 0. The van der Waals surface area contributed by atoms with Crippen molar-refractivity contribution in [1.29, 1.82) is 0 Å². The van der Waals surface area contributed by atoms with Gasteiger partial charge in [-0.3, -0.25) is 0 Å². The smallest absolute Gasteiger partial charge is 0.147 e. The number of aromatic hydroxyl groups is 1. The number of fused-ring (bicyclic) bond motifs is 4. The summed E-state index contributed by atoms with van der Waals surface area (Å²) in [5.41, 5.74) is 4.78. The fourth-order valence-electron chi connectivity index (χ4n) is 3.42. The highest BCUT2D eigenvalue weighted by molar-refractivity contribution is 5.80. The number of rotatable bonds is 7. The predicted octanol–water partition coefficient (Wildman–Crippen LogP) is 3.73. The third kappa shape index (κ3) is 3.10. The van der Waals surface area contributed by atoms with Crippen LogP contribution in [0.1, 0.15) is 31.9 Å². The van der Waals surface area contributed by atoms with Crippen LogP contribution in [0.3, 0.4) is 0 Å². The Bertz CT molecular complexity index is 1100. The predicted molar refractivity (Wildman–Crippen MR) is 107 cm³/mol. The first kappa shape index (κ1) is 18.7. The van der Waals surface area contributed by atoms with Gasteiger partial charge in [-0.05, 0) is 36.1 Å². The number of phenols is 1. The second kappa shape index (κ2) is 6.76. The van der Waals surface area contributed by atoms with E-state index >= 15 is 0 Å². The summed E-state index contributed by atoms with van der Waals surface area (Å²) in [6.07, 6.45) is 0. The lowest BCUT2D eigenvalue weighted by molar-refractivity contribution is -0.0387. The van der Waals surface area contributed by atoms with Crippen LogP contribution in [0.25, 0.3) is 16.7 Å². The highest BCUT2D eigenvalue weighted by Gasteiger charge is 2.29. The van der Waals surface area contributed by atoms with Crippen molar-refractivity contribution in [2.45, 2.75) is 33.1 Å². The molecule has 2 heterocycles. The Morgan fingerprint density at radius 3 is 2.46 bits per heavy atom. The number of nitrogens with zero attached hydrogens (tertiary/aromatic N) is 3. The van der Waals surface area contributed by atoms with Gasteiger partial charge in [-0.2, -0.15) is 0 Å². The molecule has 0 fully saturated rings. The number of aromatic nitrogens is 3. The molecule has 0 amide bonds. The van der Waals surface area contributed by atoms with Gasteiger partial charge in [-0.1, -0.05) is 26.8 Å². The lowest BCUT2D eigenvalue weighted by Crippen LogP contribution is -2.14. The van der Waals surface area contributed by atoms with Crippen LogP contribution in [0.4, 0.5) is 0 Å². The summed E-state index contributed by atoms with van der Waals surface area (Å²) in [4.78, 5) is 1.96. The molecule has 0 aliphatic rings. The molecule has 28 heavy (non-hydrogen) atoms. The Morgan fingerprint density at radius 1 is 1.00 bits per heavy atom. The van der Waals surface area contributed by atoms with Crippen LogP contribution in [0.2, 0.25) is 0 Å². The largest absolute Gasteiger partial charge is 0.505 e. The van der Waals surface area contributed by atoms with Crippen molar-refractivity contribution in [3.63, 3.8) is 0 Å². The molecule has 4 aromatic rings. The first-order valence-corrected chi connectivity index (χ1v) is 9.40. The second-order valence-electron chi connectivity index (χ2n) is 8.11. The highest BCUT2D eigenvalue weighted by atomic mass is 16.7. The second-order valence-corrected chi connectivity index (χ2v) is 8.11. The Balaban J connectivity index is 1.70. The van der Waals surface area contributed by atoms with Crippen molar-refractivity contribution in [1.82, 2.24) is 14.1 Å². The van der Waals surface area contributed by atoms with Crippen LogP contribution < -0.4 is 4.74 Å². The average molecular weight is 385 g/mol. The van der Waals surface area contributed by atoms with Crippen LogP contribution in [0, 0.1) is 6.92 Å². The SMILES string of the molecule is COCOCCOc1cc(-n2n3c4ccc(C)cc4n23)c(O)c(C(C)(C)C)c1. The molecular formula is C21H27N3O4. The van der Waals surface area contributed by atoms with E-state index in [2.05, 4.69) is 45.9 Å². The minimum Gasteiger partial charge on any atom is -0.505 e. The molecule has 4 rings (SSSR count). The zero-order valence-electron chi connectivity index (χ0n) is 17.0. The molecule has 0 bridgehead atoms. The molecule has 0 saturated heterocycles. The molecule has 7 nitrogen and oxygen atoms in total. The van der Waals surface area contributed by atoms with Gasteiger partial charge in [-0.25, -0.2) is 0 Å². The van der Waals surface area contributed by atoms with Crippen LogP contribution >= 0.6 is 0 Å². The fourth-order valence-corrected chi connectivity index (χ4v) is 3.42. The number of methoxy groups -OCH3 is 1. The van der Waals surface area contributed by atoms with E-state index in [-0.39, 0.29) is 18.0 Å². The maximum Gasteiger partial charge on any atom is 0.147 e. The van der Waals surface area contributed by atoms with Gasteiger partial charge in [-0.15, -0.1) is 14.1 Å². The molecule has 7 heteroatoms. The lowest BCUT2D eigenvalue weighted by atomic mass is 9.86. The maximum atomic E-state index is 11.0. The van der Waals surface area contributed by atoms with Gasteiger partial charge in [0.15, 0.2) is 0 Å². The van der Waals surface area contributed by atoms with Crippen LogP contribution in [-0.4, -0.2) is 46.3 Å². The van der Waals surface area contributed by atoms with E-state index in [1.54, 1.807) is 7.11 Å². The van der Waals surface area contributed by atoms with Crippen LogP contribution in [-0.2, 0) is 14.9 Å². The van der Waals surface area contributed by atoms with E-state index < -0.39 is 0 Å². The summed E-state index contributed by atoms with van der Waals surface area (Å²) in [6.45, 7) is 9.39. The molecule has 2 aromatic carbocycles. The Hall–Kier alpha value is -2.64. The van der Waals surface area contributed by atoms with Gasteiger partial charge < -0.3 is 19.3 Å². The molecule has 0 spiro atoms. The Labute approximate surface area is 163 Å². The first-order valence-electron chi connectivity index (χ1n) is 9.40. The fraction of sp³-hybridized carbons (Fsp3) is 0.429. The van der Waals surface area contributed by atoms with Gasteiger partial charge in [0.05, 0.1) is 6.61 Å². The third-order valence-electron chi connectivity index (χ3n) is 4.85. The number of aryl methyl sites for hydroxylation is 1. The molecular weight excluding hydrogens is 358 g/mol. The van der Waals surface area contributed by atoms with E-state index in [0.29, 0.717) is 24.7 Å². The standard InChI is InChI=1S/C21H27N3O4/c1-14-6-7-17-18(10-14)23-22(17)24(23)19-12-15(28-9-8-27-13-26-5)11-16(20(19)25)21(2,3)4/h6-7,10-12,25H,8-9,13H2,1-5H3. The number of ether oxygens (including phenoxy) is 3. The summed E-state index contributed by atoms with van der Waals surface area (Å²) in [7, 11) is 1.59. The van der Waals surface area contributed by atoms with Gasteiger partial charge in [0, 0.05) is 18.7 Å². The topological polar surface area (TPSA) is 61.7 Å². The van der Waals surface area contributed by atoms with E-state index in [4.69, 9.17) is 14.2 Å². The van der Waals surface area contributed by atoms with Crippen molar-refractivity contribution in [2.24, 2.45) is 0 Å². The average Bonchev–Trinajstić information content (AvgIpc) is 3.29. The van der Waals surface area contributed by atoms with Crippen molar-refractivity contribution in [3.8, 4) is 17.2 Å². The van der Waals surface area contributed by atoms with Gasteiger partial charge >= 0.3 is 0 Å². The molecule has 0 unspecified atom stereocenters. The van der Waals surface area contributed by atoms with Crippen molar-refractivity contribution in [3.05, 3.63) is 41.5 Å². The van der Waals surface area contributed by atoms with Crippen molar-refractivity contribution in [2.75, 3.05) is 27.1 Å². The summed E-state index contributed by atoms with van der Waals surface area (Å²) in [5.74, 6) is 0.972. The van der Waals surface area contributed by atoms with Gasteiger partial charge in [0.1, 0.15) is 41.6 Å². The monoisotopic (exact) mass is 385 g/mol. The summed E-state index contributed by atoms with van der Waals surface area (Å²) < 4.78 is 20.1. The minimum absolute atomic E-state index is 0.228. The zero-order valence-corrected chi connectivity index (χ0v) is 17.0. The number of hydrogen-bond acceptors (Lipinski definition) is 4. The number of benzene rings is 2. The van der Waals surface area contributed by atoms with Crippen molar-refractivity contribution < 1.29 is 19.3 Å². The molecule has 2 aromatic heterocycles. The molecule has 0 saturated carbocycles. The summed E-state index contributed by atoms with van der Waals surface area (Å²) in [5, 5.41) is 11.0. The van der Waals surface area contributed by atoms with Gasteiger partial charge in [0.25, 0.3) is 0 Å². The van der Waals surface area contributed by atoms with E-state index in [1.165, 1.54) is 5.56 Å². The Kier molecular flexibility index (Phi) is 4.51. The molecule has 0 aliphatic carbocycles. The minimum atomic E-state index is -0.228. The van der Waals surface area contributed by atoms with E-state index in [0.717, 1.165) is 16.6 Å².